The Morgan fingerprint density at radius 2 is 2.00 bits per heavy atom. The highest BCUT2D eigenvalue weighted by Gasteiger charge is 2.56. The molecular weight excluding hydrogens is 288 g/mol. The molecular formula is C13H24N6O3. The molecule has 2 fully saturated rings. The molecule has 0 aliphatic carbocycles. The number of hydrogen-bond donors (Lipinski definition) is 5. The van der Waals surface area contributed by atoms with E-state index in [0.29, 0.717) is 6.42 Å². The Bertz CT molecular complexity index is 490. The molecule has 0 aromatic heterocycles. The van der Waals surface area contributed by atoms with Crippen molar-refractivity contribution in [2.45, 2.75) is 50.5 Å². The van der Waals surface area contributed by atoms with Crippen LogP contribution in [0.15, 0.2) is 4.99 Å². The van der Waals surface area contributed by atoms with E-state index in [2.05, 4.69) is 10.3 Å². The van der Waals surface area contributed by atoms with Gasteiger partial charge in [0.2, 0.25) is 5.91 Å². The van der Waals surface area contributed by atoms with Gasteiger partial charge in [-0.05, 0) is 12.3 Å². The van der Waals surface area contributed by atoms with Gasteiger partial charge in [-0.15, -0.1) is 0 Å². The summed E-state index contributed by atoms with van der Waals surface area (Å²) in [6.07, 6.45) is 0.497. The number of carbonyl (C=O) groups is 2. The molecule has 2 saturated heterocycles. The molecule has 6 unspecified atom stereocenters. The normalized spacial score (nSPS) is 32.0. The number of rotatable bonds is 6. The van der Waals surface area contributed by atoms with Crippen LogP contribution in [0, 0.1) is 5.92 Å². The number of hydrogen-bond acceptors (Lipinski definition) is 5. The summed E-state index contributed by atoms with van der Waals surface area (Å²) in [5.41, 5.74) is 16.6. The number of aliphatic carboxylic acids is 1. The third-order valence-corrected chi connectivity index (χ3v) is 4.33. The van der Waals surface area contributed by atoms with Crippen molar-refractivity contribution < 1.29 is 14.7 Å². The first-order valence-corrected chi connectivity index (χ1v) is 7.35. The van der Waals surface area contributed by atoms with Gasteiger partial charge in [0.25, 0.3) is 0 Å². The minimum Gasteiger partial charge on any atom is -0.480 e. The third-order valence-electron chi connectivity index (χ3n) is 4.33. The molecule has 22 heavy (non-hydrogen) atoms. The molecule has 0 aromatic carbocycles. The molecule has 8 N–H and O–H groups in total. The first-order valence-electron chi connectivity index (χ1n) is 7.35. The molecule has 124 valence electrons. The number of aliphatic imine (C=N–C) groups is 1. The molecule has 0 radical (unpaired) electrons. The van der Waals surface area contributed by atoms with Gasteiger partial charge in [-0.3, -0.25) is 9.69 Å². The van der Waals surface area contributed by atoms with E-state index in [-0.39, 0.29) is 30.0 Å². The lowest BCUT2D eigenvalue weighted by Crippen LogP contribution is -2.55. The Morgan fingerprint density at radius 3 is 2.50 bits per heavy atom. The van der Waals surface area contributed by atoms with Crippen molar-refractivity contribution in [1.29, 1.82) is 0 Å². The number of nitrogens with one attached hydrogen (secondary N) is 1. The Hall–Kier alpha value is -1.87. The van der Waals surface area contributed by atoms with E-state index in [4.69, 9.17) is 17.2 Å². The first-order chi connectivity index (χ1) is 10.2. The van der Waals surface area contributed by atoms with Gasteiger partial charge in [0.1, 0.15) is 6.04 Å². The third kappa shape index (κ3) is 3.30. The van der Waals surface area contributed by atoms with Crippen LogP contribution >= 0.6 is 0 Å². The highest BCUT2D eigenvalue weighted by Crippen LogP contribution is 2.39. The fraction of sp³-hybridized carbons (Fsp3) is 0.769. The number of nitrogens with two attached hydrogens (primary N) is 3. The summed E-state index contributed by atoms with van der Waals surface area (Å²) in [5, 5.41) is 12.0. The van der Waals surface area contributed by atoms with Gasteiger partial charge in [-0.1, -0.05) is 13.8 Å². The maximum atomic E-state index is 12.1. The minimum absolute atomic E-state index is 0.00441. The van der Waals surface area contributed by atoms with Gasteiger partial charge in [-0.2, -0.15) is 0 Å². The molecule has 1 amide bonds. The fourth-order valence-corrected chi connectivity index (χ4v) is 2.97. The standard InChI is InChI=1S/C13H24N6O3/c1-5(2)9(14)11(20)18-10(12(21)22)7-3-6(17-13(15)16)8-4-19(7)8/h5-10H,3-4,14H2,1-2H3,(H,18,20)(H,21,22)(H4,15,16,17). The van der Waals surface area contributed by atoms with Gasteiger partial charge in [0.15, 0.2) is 5.96 Å². The van der Waals surface area contributed by atoms with Crippen LogP contribution in [0.4, 0.5) is 0 Å². The van der Waals surface area contributed by atoms with E-state index in [0.717, 1.165) is 6.54 Å². The smallest absolute Gasteiger partial charge is 0.327 e. The van der Waals surface area contributed by atoms with Crippen LogP contribution in [0.25, 0.3) is 0 Å². The van der Waals surface area contributed by atoms with Crippen LogP contribution in [0.2, 0.25) is 0 Å². The topological polar surface area (TPSA) is 160 Å². The lowest BCUT2D eigenvalue weighted by Gasteiger charge is -2.25. The fourth-order valence-electron chi connectivity index (χ4n) is 2.97. The molecule has 6 atom stereocenters. The Morgan fingerprint density at radius 1 is 1.36 bits per heavy atom. The van der Waals surface area contributed by atoms with E-state index in [9.17, 15) is 14.7 Å². The summed E-state index contributed by atoms with van der Waals surface area (Å²) in [5.74, 6) is -1.60. The van der Waals surface area contributed by atoms with E-state index in [1.54, 1.807) is 0 Å². The zero-order valence-corrected chi connectivity index (χ0v) is 12.8. The SMILES string of the molecule is CC(C)C(N)C(=O)NC(C(=O)O)C1CC(N=C(N)N)C2CN21. The molecule has 9 nitrogen and oxygen atoms in total. The van der Waals surface area contributed by atoms with Crippen molar-refractivity contribution >= 4 is 17.8 Å². The molecule has 9 heteroatoms. The number of amides is 1. The van der Waals surface area contributed by atoms with Gasteiger partial charge < -0.3 is 27.6 Å². The largest absolute Gasteiger partial charge is 0.480 e. The molecule has 0 spiro atoms. The Kier molecular flexibility index (Phi) is 4.57. The lowest BCUT2D eigenvalue weighted by molar-refractivity contribution is -0.143. The zero-order chi connectivity index (χ0) is 16.6. The second kappa shape index (κ2) is 6.09. The second-order valence-electron chi connectivity index (χ2n) is 6.28. The molecule has 2 heterocycles. The molecule has 0 aromatic rings. The van der Waals surface area contributed by atoms with Crippen LogP contribution in [0.5, 0.6) is 0 Å². The van der Waals surface area contributed by atoms with Crippen molar-refractivity contribution in [3.05, 3.63) is 0 Å². The average molecular weight is 312 g/mol. The van der Waals surface area contributed by atoms with Crippen molar-refractivity contribution in [2.24, 2.45) is 28.1 Å². The Labute approximate surface area is 128 Å². The highest BCUT2D eigenvalue weighted by atomic mass is 16.4. The number of carbonyl (C=O) groups excluding carboxylic acids is 1. The highest BCUT2D eigenvalue weighted by molar-refractivity contribution is 5.87. The number of guanidine groups is 1. The van der Waals surface area contributed by atoms with Crippen molar-refractivity contribution in [1.82, 2.24) is 10.2 Å². The lowest BCUT2D eigenvalue weighted by atomic mass is 9.99. The summed E-state index contributed by atoms with van der Waals surface area (Å²) < 4.78 is 0. The van der Waals surface area contributed by atoms with Crippen molar-refractivity contribution in [2.75, 3.05) is 6.54 Å². The van der Waals surface area contributed by atoms with Crippen LogP contribution in [-0.2, 0) is 9.59 Å². The van der Waals surface area contributed by atoms with E-state index < -0.39 is 24.0 Å². The molecule has 2 aliphatic heterocycles. The summed E-state index contributed by atoms with van der Waals surface area (Å²) in [7, 11) is 0. The van der Waals surface area contributed by atoms with Crippen LogP contribution in [0.1, 0.15) is 20.3 Å². The van der Waals surface area contributed by atoms with Crippen molar-refractivity contribution in [3.63, 3.8) is 0 Å². The predicted octanol–water partition coefficient (Wildman–Crippen LogP) is -2.36. The average Bonchev–Trinajstić information content (AvgIpc) is 3.13. The maximum absolute atomic E-state index is 12.1. The predicted molar refractivity (Wildman–Crippen MR) is 80.9 cm³/mol. The zero-order valence-electron chi connectivity index (χ0n) is 12.8. The number of carboxylic acids is 1. The van der Waals surface area contributed by atoms with E-state index in [1.807, 2.05) is 18.7 Å². The molecule has 2 aliphatic rings. The van der Waals surface area contributed by atoms with Gasteiger partial charge in [-0.25, -0.2) is 9.79 Å². The number of fused-ring (bicyclic) bond motifs is 1. The van der Waals surface area contributed by atoms with Crippen LogP contribution in [-0.4, -0.2) is 64.6 Å². The number of piperidine rings is 1. The summed E-state index contributed by atoms with van der Waals surface area (Å²) in [6, 6.07) is -2.03. The summed E-state index contributed by atoms with van der Waals surface area (Å²) in [4.78, 5) is 29.7. The van der Waals surface area contributed by atoms with E-state index >= 15 is 0 Å². The van der Waals surface area contributed by atoms with Crippen LogP contribution in [0.3, 0.4) is 0 Å². The maximum Gasteiger partial charge on any atom is 0.327 e. The van der Waals surface area contributed by atoms with Gasteiger partial charge in [0.05, 0.1) is 12.1 Å². The van der Waals surface area contributed by atoms with E-state index in [1.165, 1.54) is 0 Å². The second-order valence-corrected chi connectivity index (χ2v) is 6.28. The molecule has 0 bridgehead atoms. The monoisotopic (exact) mass is 312 g/mol. The summed E-state index contributed by atoms with van der Waals surface area (Å²) in [6.45, 7) is 4.36. The minimum atomic E-state index is -1.08. The first kappa shape index (κ1) is 16.5. The molecule has 2 rings (SSSR count). The number of carboxylic acid groups (broad SMARTS) is 1. The number of nitrogens with zero attached hydrogens (tertiary/aromatic N) is 2. The van der Waals surface area contributed by atoms with Crippen molar-refractivity contribution in [3.8, 4) is 0 Å². The van der Waals surface area contributed by atoms with Gasteiger partial charge in [0, 0.05) is 18.6 Å². The quantitative estimate of drug-likeness (QED) is 0.208. The molecule has 0 saturated carbocycles. The van der Waals surface area contributed by atoms with Crippen LogP contribution < -0.4 is 22.5 Å². The Balaban J connectivity index is 2.06. The summed E-state index contributed by atoms with van der Waals surface area (Å²) >= 11 is 0. The van der Waals surface area contributed by atoms with Gasteiger partial charge >= 0.3 is 5.97 Å².